The van der Waals surface area contributed by atoms with Crippen LogP contribution in [-0.4, -0.2) is 35.2 Å². The Hall–Kier alpha value is -2.04. The van der Waals surface area contributed by atoms with Crippen molar-refractivity contribution in [2.45, 2.75) is 26.3 Å². The first kappa shape index (κ1) is 15.0. The number of hydrogen-bond acceptors (Lipinski definition) is 3. The van der Waals surface area contributed by atoms with Crippen molar-refractivity contribution in [2.75, 3.05) is 7.05 Å². The molecular formula is C14H19NO4. The lowest BCUT2D eigenvalue weighted by Crippen LogP contribution is -2.44. The summed E-state index contributed by atoms with van der Waals surface area (Å²) in [6.07, 6.45) is -0.283. The van der Waals surface area contributed by atoms with E-state index in [1.165, 1.54) is 7.05 Å². The molecule has 0 bridgehead atoms. The second-order valence-electron chi connectivity index (χ2n) is 4.78. The first-order valence-electron chi connectivity index (χ1n) is 6.14. The van der Waals surface area contributed by atoms with Crippen LogP contribution in [0, 0.1) is 5.92 Å². The highest BCUT2D eigenvalue weighted by Crippen LogP contribution is 2.14. The molecule has 1 aromatic carbocycles. The van der Waals surface area contributed by atoms with E-state index in [4.69, 9.17) is 9.84 Å². The van der Waals surface area contributed by atoms with Crippen LogP contribution >= 0.6 is 0 Å². The van der Waals surface area contributed by atoms with E-state index in [2.05, 4.69) is 0 Å². The predicted octanol–water partition coefficient (Wildman–Crippen LogP) is 2.62. The molecule has 0 saturated heterocycles. The zero-order chi connectivity index (χ0) is 14.4. The number of likely N-dealkylation sites (N-methyl/N-ethyl adjacent to an activating group) is 1. The fraction of sp³-hybridized carbons (Fsp3) is 0.429. The van der Waals surface area contributed by atoms with Crippen LogP contribution in [0.15, 0.2) is 30.3 Å². The van der Waals surface area contributed by atoms with Gasteiger partial charge in [0.05, 0.1) is 0 Å². The van der Waals surface area contributed by atoms with E-state index in [1.807, 2.05) is 13.8 Å². The Balaban J connectivity index is 2.71. The molecule has 5 heteroatoms. The minimum atomic E-state index is -1.03. The van der Waals surface area contributed by atoms with Gasteiger partial charge < -0.3 is 9.84 Å². The van der Waals surface area contributed by atoms with Crippen molar-refractivity contribution < 1.29 is 19.4 Å². The van der Waals surface area contributed by atoms with Gasteiger partial charge in [0, 0.05) is 7.05 Å². The van der Waals surface area contributed by atoms with Gasteiger partial charge in [-0.05, 0) is 24.5 Å². The fourth-order valence-electron chi connectivity index (χ4n) is 1.66. The zero-order valence-corrected chi connectivity index (χ0v) is 11.4. The molecule has 0 heterocycles. The normalized spacial score (nSPS) is 12.0. The number of benzene rings is 1. The predicted molar refractivity (Wildman–Crippen MR) is 71.1 cm³/mol. The van der Waals surface area contributed by atoms with Crippen LogP contribution < -0.4 is 4.74 Å². The van der Waals surface area contributed by atoms with E-state index in [9.17, 15) is 9.59 Å². The average molecular weight is 265 g/mol. The molecule has 5 nitrogen and oxygen atoms in total. The van der Waals surface area contributed by atoms with Crippen LogP contribution in [-0.2, 0) is 4.79 Å². The molecule has 1 rings (SSSR count). The Kier molecular flexibility index (Phi) is 5.36. The third kappa shape index (κ3) is 4.62. The average Bonchev–Trinajstić information content (AvgIpc) is 2.35. The van der Waals surface area contributed by atoms with Crippen LogP contribution in [0.1, 0.15) is 20.3 Å². The number of carboxylic acids is 1. The molecule has 0 saturated carbocycles. The Morgan fingerprint density at radius 3 is 2.32 bits per heavy atom. The summed E-state index contributed by atoms with van der Waals surface area (Å²) in [5.74, 6) is -0.456. The topological polar surface area (TPSA) is 66.8 Å². The zero-order valence-electron chi connectivity index (χ0n) is 11.4. The lowest BCUT2D eigenvalue weighted by Gasteiger charge is -2.25. The molecule has 0 unspecified atom stereocenters. The highest BCUT2D eigenvalue weighted by Gasteiger charge is 2.28. The van der Waals surface area contributed by atoms with Crippen LogP contribution in [0.4, 0.5) is 4.79 Å². The lowest BCUT2D eigenvalue weighted by molar-refractivity contribution is -0.142. The van der Waals surface area contributed by atoms with Gasteiger partial charge in [-0.15, -0.1) is 0 Å². The molecule has 0 aliphatic rings. The van der Waals surface area contributed by atoms with E-state index in [-0.39, 0.29) is 5.92 Å². The largest absolute Gasteiger partial charge is 0.480 e. The Labute approximate surface area is 112 Å². The summed E-state index contributed by atoms with van der Waals surface area (Å²) < 4.78 is 5.11. The molecule has 1 atom stereocenters. The van der Waals surface area contributed by atoms with Gasteiger partial charge >= 0.3 is 12.1 Å². The molecule has 0 spiro atoms. The number of carbonyl (C=O) groups excluding carboxylic acids is 1. The lowest BCUT2D eigenvalue weighted by atomic mass is 10.0. The monoisotopic (exact) mass is 265 g/mol. The van der Waals surface area contributed by atoms with Gasteiger partial charge in [-0.3, -0.25) is 4.90 Å². The molecule has 0 aliphatic heterocycles. The Morgan fingerprint density at radius 2 is 1.84 bits per heavy atom. The Bertz CT molecular complexity index is 430. The number of rotatable bonds is 5. The fourth-order valence-corrected chi connectivity index (χ4v) is 1.66. The molecule has 1 amide bonds. The summed E-state index contributed by atoms with van der Waals surface area (Å²) in [6.45, 7) is 3.82. The molecular weight excluding hydrogens is 246 g/mol. The standard InChI is InChI=1S/C14H19NO4/c1-10(2)9-12(13(16)17)15(3)14(18)19-11-7-5-4-6-8-11/h4-8,10,12H,9H2,1-3H3,(H,16,17)/t12-/m0/s1. The number of carbonyl (C=O) groups is 2. The number of aliphatic carboxylic acids is 1. The van der Waals surface area contributed by atoms with Crippen molar-refractivity contribution in [1.29, 1.82) is 0 Å². The molecule has 0 fully saturated rings. The van der Waals surface area contributed by atoms with Crippen LogP contribution in [0.5, 0.6) is 5.75 Å². The van der Waals surface area contributed by atoms with Crippen molar-refractivity contribution in [3.63, 3.8) is 0 Å². The van der Waals surface area contributed by atoms with Gasteiger partial charge in [0.25, 0.3) is 0 Å². The maximum atomic E-state index is 11.9. The van der Waals surface area contributed by atoms with Crippen LogP contribution in [0.25, 0.3) is 0 Å². The summed E-state index contributed by atoms with van der Waals surface area (Å²) in [5, 5.41) is 9.16. The summed E-state index contributed by atoms with van der Waals surface area (Å²) in [7, 11) is 1.44. The summed E-state index contributed by atoms with van der Waals surface area (Å²) in [6, 6.07) is 7.70. The summed E-state index contributed by atoms with van der Waals surface area (Å²) >= 11 is 0. The summed E-state index contributed by atoms with van der Waals surface area (Å²) in [5.41, 5.74) is 0. The minimum absolute atomic E-state index is 0.174. The number of ether oxygens (including phenoxy) is 1. The van der Waals surface area contributed by atoms with Gasteiger partial charge in [0.2, 0.25) is 0 Å². The maximum Gasteiger partial charge on any atom is 0.415 e. The number of nitrogens with zero attached hydrogens (tertiary/aromatic N) is 1. The van der Waals surface area contributed by atoms with Crippen LogP contribution in [0.3, 0.4) is 0 Å². The van der Waals surface area contributed by atoms with E-state index >= 15 is 0 Å². The van der Waals surface area contributed by atoms with Gasteiger partial charge in [-0.2, -0.15) is 0 Å². The van der Waals surface area contributed by atoms with E-state index in [1.54, 1.807) is 30.3 Å². The van der Waals surface area contributed by atoms with Gasteiger partial charge in [-0.1, -0.05) is 32.0 Å². The Morgan fingerprint density at radius 1 is 1.26 bits per heavy atom. The first-order chi connectivity index (χ1) is 8.91. The smallest absolute Gasteiger partial charge is 0.415 e. The quantitative estimate of drug-likeness (QED) is 0.888. The minimum Gasteiger partial charge on any atom is -0.480 e. The third-order valence-electron chi connectivity index (χ3n) is 2.68. The molecule has 0 aromatic heterocycles. The highest BCUT2D eigenvalue weighted by atomic mass is 16.6. The maximum absolute atomic E-state index is 11.9. The SMILES string of the molecule is CC(C)C[C@@H](C(=O)O)N(C)C(=O)Oc1ccccc1. The third-order valence-corrected chi connectivity index (χ3v) is 2.68. The molecule has 0 aliphatic carbocycles. The molecule has 0 radical (unpaired) electrons. The highest BCUT2D eigenvalue weighted by molar-refractivity contribution is 5.80. The van der Waals surface area contributed by atoms with Gasteiger partial charge in [0.1, 0.15) is 11.8 Å². The van der Waals surface area contributed by atoms with E-state index in [0.717, 1.165) is 4.90 Å². The second-order valence-corrected chi connectivity index (χ2v) is 4.78. The van der Waals surface area contributed by atoms with E-state index in [0.29, 0.717) is 12.2 Å². The molecule has 1 N–H and O–H groups in total. The molecule has 104 valence electrons. The van der Waals surface area contributed by atoms with Crippen LogP contribution in [0.2, 0.25) is 0 Å². The van der Waals surface area contributed by atoms with Crippen molar-refractivity contribution in [1.82, 2.24) is 4.90 Å². The van der Waals surface area contributed by atoms with Gasteiger partial charge in [-0.25, -0.2) is 9.59 Å². The molecule has 19 heavy (non-hydrogen) atoms. The van der Waals surface area contributed by atoms with Crippen molar-refractivity contribution in [3.8, 4) is 5.75 Å². The second kappa shape index (κ2) is 6.78. The first-order valence-corrected chi connectivity index (χ1v) is 6.14. The number of hydrogen-bond donors (Lipinski definition) is 1. The number of carboxylic acid groups (broad SMARTS) is 1. The summed E-state index contributed by atoms with van der Waals surface area (Å²) in [4.78, 5) is 24.2. The van der Waals surface area contributed by atoms with Gasteiger partial charge in [0.15, 0.2) is 0 Å². The number of amides is 1. The van der Waals surface area contributed by atoms with Crippen molar-refractivity contribution >= 4 is 12.1 Å². The van der Waals surface area contributed by atoms with Crippen molar-refractivity contribution in [3.05, 3.63) is 30.3 Å². The number of para-hydroxylation sites is 1. The van der Waals surface area contributed by atoms with Crippen molar-refractivity contribution in [2.24, 2.45) is 5.92 Å². The van der Waals surface area contributed by atoms with E-state index < -0.39 is 18.1 Å². The molecule has 1 aromatic rings.